The number of fused-ring (bicyclic) bond motifs is 5. The second-order valence-corrected chi connectivity index (χ2v) is 12.3. The average molecular weight is 446 g/mol. The molecule has 2 heteroatoms. The van der Waals surface area contributed by atoms with Gasteiger partial charge in [0.25, 0.3) is 0 Å². The van der Waals surface area contributed by atoms with Crippen LogP contribution in [0.2, 0.25) is 0 Å². The van der Waals surface area contributed by atoms with Crippen molar-refractivity contribution >= 4 is 0 Å². The van der Waals surface area contributed by atoms with Gasteiger partial charge in [-0.3, -0.25) is 0 Å². The van der Waals surface area contributed by atoms with Gasteiger partial charge in [0, 0.05) is 12.5 Å². The van der Waals surface area contributed by atoms with Gasteiger partial charge in [-0.15, -0.1) is 0 Å². The van der Waals surface area contributed by atoms with Crippen molar-refractivity contribution in [3.8, 4) is 0 Å². The van der Waals surface area contributed by atoms with Gasteiger partial charge in [0.15, 0.2) is 0 Å². The van der Waals surface area contributed by atoms with Crippen LogP contribution in [0.25, 0.3) is 0 Å². The first-order chi connectivity index (χ1) is 16.1. The Labute approximate surface area is 201 Å². The van der Waals surface area contributed by atoms with Crippen molar-refractivity contribution in [2.24, 2.45) is 28.6 Å². The summed E-state index contributed by atoms with van der Waals surface area (Å²) in [5.74, 6) is 3.03. The molecule has 0 amide bonds. The molecule has 1 saturated heterocycles. The van der Waals surface area contributed by atoms with Gasteiger partial charge in [-0.25, -0.2) is 0 Å². The van der Waals surface area contributed by atoms with E-state index in [0.717, 1.165) is 30.9 Å². The monoisotopic (exact) mass is 445 g/mol. The minimum atomic E-state index is 0.356. The van der Waals surface area contributed by atoms with E-state index in [4.69, 9.17) is 4.74 Å². The van der Waals surface area contributed by atoms with E-state index in [1.807, 2.05) is 0 Å². The van der Waals surface area contributed by atoms with Gasteiger partial charge in [0.05, 0.1) is 12.7 Å². The van der Waals surface area contributed by atoms with Crippen molar-refractivity contribution in [1.29, 1.82) is 0 Å². The number of rotatable bonds is 5. The molecule has 3 fully saturated rings. The Morgan fingerprint density at radius 1 is 0.970 bits per heavy atom. The van der Waals surface area contributed by atoms with E-state index in [2.05, 4.69) is 67.3 Å². The first kappa shape index (κ1) is 22.1. The highest BCUT2D eigenvalue weighted by Crippen LogP contribution is 2.66. The first-order valence-corrected chi connectivity index (χ1v) is 13.9. The van der Waals surface area contributed by atoms with Gasteiger partial charge in [-0.2, -0.15) is 0 Å². The summed E-state index contributed by atoms with van der Waals surface area (Å²) in [5.41, 5.74) is 4.06. The predicted molar refractivity (Wildman–Crippen MR) is 136 cm³/mol. The van der Waals surface area contributed by atoms with Gasteiger partial charge >= 0.3 is 0 Å². The summed E-state index contributed by atoms with van der Waals surface area (Å²) in [7, 11) is 0. The molecule has 178 valence electrons. The van der Waals surface area contributed by atoms with Crippen LogP contribution in [-0.2, 0) is 4.74 Å². The number of likely N-dealkylation sites (tertiary alicyclic amines) is 1. The highest BCUT2D eigenvalue weighted by Gasteiger charge is 2.57. The molecule has 1 heterocycles. The molecule has 0 unspecified atom stereocenters. The van der Waals surface area contributed by atoms with Crippen molar-refractivity contribution in [2.45, 2.75) is 77.2 Å². The summed E-state index contributed by atoms with van der Waals surface area (Å²) in [5, 5.41) is 0. The van der Waals surface area contributed by atoms with E-state index in [1.54, 1.807) is 5.57 Å². The highest BCUT2D eigenvalue weighted by atomic mass is 16.5. The molecule has 4 aliphatic carbocycles. The van der Waals surface area contributed by atoms with E-state index < -0.39 is 0 Å². The van der Waals surface area contributed by atoms with Crippen LogP contribution in [-0.4, -0.2) is 37.2 Å². The number of benzene rings is 1. The maximum absolute atomic E-state index is 6.39. The van der Waals surface area contributed by atoms with Crippen LogP contribution in [0, 0.1) is 28.6 Å². The average Bonchev–Trinajstić information content (AvgIpc) is 3.47. The van der Waals surface area contributed by atoms with E-state index >= 15 is 0 Å². The molecule has 1 aromatic rings. The van der Waals surface area contributed by atoms with Crippen LogP contribution in [0.1, 0.15) is 76.7 Å². The fraction of sp³-hybridized carbons (Fsp3) is 0.677. The molecule has 2 saturated carbocycles. The van der Waals surface area contributed by atoms with Crippen molar-refractivity contribution in [2.75, 3.05) is 26.2 Å². The van der Waals surface area contributed by atoms with Crippen LogP contribution in [0.15, 0.2) is 54.1 Å². The lowest BCUT2D eigenvalue weighted by Gasteiger charge is -2.58. The zero-order chi connectivity index (χ0) is 22.5. The standard InChI is InChI=1S/C31H43NO/c1-30-16-14-25(33-21-20-32-18-6-7-19-32)22-24(30)10-11-26-28-13-12-27(23-8-4-3-5-9-23)31(28,2)17-15-29(26)30/h3-5,8-9,12-13,22,25-29H,6-7,10-11,14-21H2,1-2H3/t25-,26-,27+,28+,29-,30-,31+/m0/s1. The van der Waals surface area contributed by atoms with Crippen LogP contribution in [0.3, 0.4) is 0 Å². The van der Waals surface area contributed by atoms with Crippen molar-refractivity contribution in [3.05, 3.63) is 59.7 Å². The van der Waals surface area contributed by atoms with Crippen LogP contribution < -0.4 is 0 Å². The molecule has 6 rings (SSSR count). The Morgan fingerprint density at radius 2 is 1.79 bits per heavy atom. The van der Waals surface area contributed by atoms with Crippen molar-refractivity contribution in [3.63, 3.8) is 0 Å². The molecule has 33 heavy (non-hydrogen) atoms. The Morgan fingerprint density at radius 3 is 2.61 bits per heavy atom. The summed E-state index contributed by atoms with van der Waals surface area (Å²) in [6, 6.07) is 11.3. The summed E-state index contributed by atoms with van der Waals surface area (Å²) in [6.45, 7) is 9.79. The lowest BCUT2D eigenvalue weighted by Crippen LogP contribution is -2.50. The molecule has 7 atom stereocenters. The van der Waals surface area contributed by atoms with E-state index in [1.165, 1.54) is 70.0 Å². The van der Waals surface area contributed by atoms with Gasteiger partial charge in [-0.05, 0) is 98.6 Å². The SMILES string of the molecule is C[C@]12CC[C@H]3[C@@H](CCC4=C[C@@H](OCCN5CCCC5)CC[C@@]43C)[C@H]1C=C[C@@H]2c1ccccc1. The van der Waals surface area contributed by atoms with E-state index in [0.29, 0.717) is 22.9 Å². The molecule has 0 N–H and O–H groups in total. The van der Waals surface area contributed by atoms with Gasteiger partial charge < -0.3 is 9.64 Å². The van der Waals surface area contributed by atoms with Gasteiger partial charge in [-0.1, -0.05) is 68.0 Å². The zero-order valence-electron chi connectivity index (χ0n) is 20.8. The highest BCUT2D eigenvalue weighted by molar-refractivity contribution is 5.34. The summed E-state index contributed by atoms with van der Waals surface area (Å²) in [6.07, 6.45) is 18.9. The first-order valence-electron chi connectivity index (χ1n) is 13.9. The Hall–Kier alpha value is -1.38. The second kappa shape index (κ2) is 8.68. The molecule has 1 aromatic carbocycles. The van der Waals surface area contributed by atoms with Crippen LogP contribution in [0.5, 0.6) is 0 Å². The quantitative estimate of drug-likeness (QED) is 0.453. The van der Waals surface area contributed by atoms with Crippen LogP contribution in [0.4, 0.5) is 0 Å². The van der Waals surface area contributed by atoms with Crippen molar-refractivity contribution < 1.29 is 4.74 Å². The van der Waals surface area contributed by atoms with Crippen molar-refractivity contribution in [1.82, 2.24) is 4.90 Å². The predicted octanol–water partition coefficient (Wildman–Crippen LogP) is 6.99. The van der Waals surface area contributed by atoms with E-state index in [9.17, 15) is 0 Å². The van der Waals surface area contributed by atoms with Gasteiger partial charge in [0.2, 0.25) is 0 Å². The molecule has 5 aliphatic rings. The molecular formula is C31H43NO. The fourth-order valence-electron chi connectivity index (χ4n) is 8.77. The van der Waals surface area contributed by atoms with Gasteiger partial charge in [0.1, 0.15) is 0 Å². The number of allylic oxidation sites excluding steroid dienone is 3. The number of ether oxygens (including phenoxy) is 1. The molecule has 0 spiro atoms. The molecule has 1 aliphatic heterocycles. The third-order valence-corrected chi connectivity index (χ3v) is 10.7. The number of nitrogens with zero attached hydrogens (tertiary/aromatic N) is 1. The summed E-state index contributed by atoms with van der Waals surface area (Å²) < 4.78 is 6.39. The lowest BCUT2D eigenvalue weighted by molar-refractivity contribution is -0.0412. The fourth-order valence-corrected chi connectivity index (χ4v) is 8.77. The lowest BCUT2D eigenvalue weighted by atomic mass is 9.46. The smallest absolute Gasteiger partial charge is 0.0759 e. The number of hydrogen-bond acceptors (Lipinski definition) is 2. The summed E-state index contributed by atoms with van der Waals surface area (Å²) >= 11 is 0. The zero-order valence-corrected chi connectivity index (χ0v) is 20.8. The van der Waals surface area contributed by atoms with E-state index in [-0.39, 0.29) is 0 Å². The Balaban J connectivity index is 1.15. The molecule has 2 nitrogen and oxygen atoms in total. The minimum absolute atomic E-state index is 0.356. The normalized spacial score (nSPS) is 42.5. The Kier molecular flexibility index (Phi) is 5.82. The topological polar surface area (TPSA) is 12.5 Å². The second-order valence-electron chi connectivity index (χ2n) is 12.3. The van der Waals surface area contributed by atoms with Crippen LogP contribution >= 0.6 is 0 Å². The summed E-state index contributed by atoms with van der Waals surface area (Å²) in [4.78, 5) is 2.57. The maximum Gasteiger partial charge on any atom is 0.0759 e. The molecule has 0 bridgehead atoms. The molecule has 0 radical (unpaired) electrons. The molecular weight excluding hydrogens is 402 g/mol. The third kappa shape index (κ3) is 3.76. The largest absolute Gasteiger partial charge is 0.373 e. The number of hydrogen-bond donors (Lipinski definition) is 0. The maximum atomic E-state index is 6.39. The Bertz CT molecular complexity index is 899. The third-order valence-electron chi connectivity index (χ3n) is 10.7. The minimum Gasteiger partial charge on any atom is -0.373 e. The molecule has 0 aromatic heterocycles.